The molecule has 0 spiro atoms. The molecule has 2 aliphatic rings. The smallest absolute Gasteiger partial charge is 0.414 e. The number of cyclic esters (lactones) is 1. The van der Waals surface area contributed by atoms with E-state index >= 15 is 0 Å². The zero-order valence-corrected chi connectivity index (χ0v) is 15.6. The number of nitrogens with two attached hydrogens (primary N) is 1. The largest absolute Gasteiger partial charge is 0.441 e. The standard InChI is InChI=1S/C20H30N2O4/c1-24-14-19-13-22(20(23)26-19)17-7-3-15(4-8-17)16-5-9-18(10-6-16)25-12-2-11-21/h3-4,7-8,16,18-19H,2,5-6,9-14,21H2,1H3/t16-,18-,19-/m1/s1. The number of methoxy groups -OCH3 is 1. The fourth-order valence-electron chi connectivity index (χ4n) is 3.83. The van der Waals surface area contributed by atoms with E-state index in [-0.39, 0.29) is 12.2 Å². The van der Waals surface area contributed by atoms with Crippen LogP contribution in [-0.4, -0.2) is 51.7 Å². The second-order valence-corrected chi connectivity index (χ2v) is 7.15. The van der Waals surface area contributed by atoms with Crippen molar-refractivity contribution in [1.29, 1.82) is 0 Å². The third-order valence-corrected chi connectivity index (χ3v) is 5.28. The van der Waals surface area contributed by atoms with Gasteiger partial charge in [0.05, 0.1) is 19.3 Å². The van der Waals surface area contributed by atoms with Crippen molar-refractivity contribution in [1.82, 2.24) is 0 Å². The number of anilines is 1. The molecule has 1 aromatic carbocycles. The molecule has 0 radical (unpaired) electrons. The lowest BCUT2D eigenvalue weighted by molar-refractivity contribution is 0.0243. The Kier molecular flexibility index (Phi) is 6.88. The minimum Gasteiger partial charge on any atom is -0.441 e. The van der Waals surface area contributed by atoms with E-state index in [9.17, 15) is 4.79 Å². The molecule has 1 aliphatic heterocycles. The number of hydrogen-bond donors (Lipinski definition) is 1. The molecule has 6 nitrogen and oxygen atoms in total. The van der Waals surface area contributed by atoms with Gasteiger partial charge in [-0.2, -0.15) is 0 Å². The van der Waals surface area contributed by atoms with Gasteiger partial charge in [-0.1, -0.05) is 12.1 Å². The lowest BCUT2D eigenvalue weighted by Crippen LogP contribution is -2.25. The number of amides is 1. The van der Waals surface area contributed by atoms with Crippen molar-refractivity contribution in [3.63, 3.8) is 0 Å². The minimum absolute atomic E-state index is 0.193. The summed E-state index contributed by atoms with van der Waals surface area (Å²) in [6.07, 6.45) is 5.34. The molecule has 1 aromatic rings. The normalized spacial score (nSPS) is 26.2. The van der Waals surface area contributed by atoms with Crippen LogP contribution in [-0.2, 0) is 14.2 Å². The zero-order chi connectivity index (χ0) is 18.4. The first-order valence-electron chi connectivity index (χ1n) is 9.60. The maximum Gasteiger partial charge on any atom is 0.414 e. The third-order valence-electron chi connectivity index (χ3n) is 5.28. The predicted molar refractivity (Wildman–Crippen MR) is 101 cm³/mol. The Balaban J connectivity index is 1.51. The topological polar surface area (TPSA) is 74.0 Å². The molecule has 2 N–H and O–H groups in total. The molecule has 1 atom stereocenters. The fraction of sp³-hybridized carbons (Fsp3) is 0.650. The van der Waals surface area contributed by atoms with Gasteiger partial charge in [0.15, 0.2) is 0 Å². The molecule has 26 heavy (non-hydrogen) atoms. The summed E-state index contributed by atoms with van der Waals surface area (Å²) >= 11 is 0. The Morgan fingerprint density at radius 1 is 1.19 bits per heavy atom. The highest BCUT2D eigenvalue weighted by atomic mass is 16.6. The van der Waals surface area contributed by atoms with Gasteiger partial charge in [0.25, 0.3) is 0 Å². The summed E-state index contributed by atoms with van der Waals surface area (Å²) in [5.41, 5.74) is 7.74. The van der Waals surface area contributed by atoms with Crippen LogP contribution in [0.25, 0.3) is 0 Å². The van der Waals surface area contributed by atoms with Crippen LogP contribution in [0.5, 0.6) is 0 Å². The summed E-state index contributed by atoms with van der Waals surface area (Å²) < 4.78 is 16.3. The number of carbonyl (C=O) groups excluding carboxylic acids is 1. The van der Waals surface area contributed by atoms with Gasteiger partial charge in [0, 0.05) is 19.4 Å². The average molecular weight is 362 g/mol. The molecular formula is C20H30N2O4. The highest BCUT2D eigenvalue weighted by molar-refractivity contribution is 5.89. The van der Waals surface area contributed by atoms with Crippen molar-refractivity contribution in [2.75, 3.05) is 38.3 Å². The van der Waals surface area contributed by atoms with E-state index in [1.54, 1.807) is 12.0 Å². The van der Waals surface area contributed by atoms with Crippen LogP contribution in [0.4, 0.5) is 10.5 Å². The Hall–Kier alpha value is -1.63. The van der Waals surface area contributed by atoms with Crippen molar-refractivity contribution in [2.45, 2.75) is 50.2 Å². The molecule has 0 unspecified atom stereocenters. The molecule has 1 amide bonds. The first kappa shape index (κ1) is 19.1. The van der Waals surface area contributed by atoms with Crippen molar-refractivity contribution in [2.24, 2.45) is 5.73 Å². The lowest BCUT2D eigenvalue weighted by atomic mass is 9.82. The van der Waals surface area contributed by atoms with E-state index in [0.717, 1.165) is 44.4 Å². The van der Waals surface area contributed by atoms with Crippen LogP contribution in [0, 0.1) is 0 Å². The predicted octanol–water partition coefficient (Wildman–Crippen LogP) is 3.05. The van der Waals surface area contributed by atoms with Gasteiger partial charge in [0.1, 0.15) is 6.10 Å². The maximum atomic E-state index is 12.0. The van der Waals surface area contributed by atoms with Gasteiger partial charge >= 0.3 is 6.09 Å². The molecule has 1 heterocycles. The number of ether oxygens (including phenoxy) is 3. The number of hydrogen-bond acceptors (Lipinski definition) is 5. The first-order valence-corrected chi connectivity index (χ1v) is 9.60. The number of nitrogens with zero attached hydrogens (tertiary/aromatic N) is 1. The second-order valence-electron chi connectivity index (χ2n) is 7.15. The first-order chi connectivity index (χ1) is 12.7. The van der Waals surface area contributed by atoms with E-state index in [4.69, 9.17) is 19.9 Å². The Labute approximate surface area is 155 Å². The summed E-state index contributed by atoms with van der Waals surface area (Å²) in [7, 11) is 1.61. The summed E-state index contributed by atoms with van der Waals surface area (Å²) in [5, 5.41) is 0. The average Bonchev–Trinajstić information content (AvgIpc) is 3.03. The van der Waals surface area contributed by atoms with Crippen LogP contribution in [0.1, 0.15) is 43.6 Å². The van der Waals surface area contributed by atoms with E-state index in [2.05, 4.69) is 12.1 Å². The van der Waals surface area contributed by atoms with Crippen LogP contribution in [0.3, 0.4) is 0 Å². The van der Waals surface area contributed by atoms with Gasteiger partial charge in [0.2, 0.25) is 0 Å². The highest BCUT2D eigenvalue weighted by Gasteiger charge is 2.32. The molecule has 144 valence electrons. The summed E-state index contributed by atoms with van der Waals surface area (Å²) in [5.74, 6) is 0.574. The Morgan fingerprint density at radius 3 is 2.58 bits per heavy atom. The van der Waals surface area contributed by atoms with Gasteiger partial charge in [-0.15, -0.1) is 0 Å². The van der Waals surface area contributed by atoms with E-state index in [0.29, 0.717) is 31.7 Å². The Bertz CT molecular complexity index is 570. The quantitative estimate of drug-likeness (QED) is 0.720. The summed E-state index contributed by atoms with van der Waals surface area (Å²) in [6, 6.07) is 8.34. The van der Waals surface area contributed by atoms with Crippen molar-refractivity contribution in [3.05, 3.63) is 29.8 Å². The van der Waals surface area contributed by atoms with Crippen LogP contribution in [0.15, 0.2) is 24.3 Å². The molecule has 1 aliphatic carbocycles. The monoisotopic (exact) mass is 362 g/mol. The molecule has 0 aromatic heterocycles. The van der Waals surface area contributed by atoms with Crippen LogP contribution < -0.4 is 10.6 Å². The lowest BCUT2D eigenvalue weighted by Gasteiger charge is -2.29. The maximum absolute atomic E-state index is 12.0. The summed E-state index contributed by atoms with van der Waals surface area (Å²) in [4.78, 5) is 13.7. The zero-order valence-electron chi connectivity index (χ0n) is 15.6. The summed E-state index contributed by atoms with van der Waals surface area (Å²) in [6.45, 7) is 2.43. The fourth-order valence-corrected chi connectivity index (χ4v) is 3.83. The van der Waals surface area contributed by atoms with E-state index in [1.165, 1.54) is 5.56 Å². The van der Waals surface area contributed by atoms with Crippen LogP contribution in [0.2, 0.25) is 0 Å². The van der Waals surface area contributed by atoms with Crippen molar-refractivity contribution in [3.8, 4) is 0 Å². The number of rotatable bonds is 8. The molecule has 6 heteroatoms. The van der Waals surface area contributed by atoms with Crippen molar-refractivity contribution >= 4 is 11.8 Å². The van der Waals surface area contributed by atoms with Crippen molar-refractivity contribution < 1.29 is 19.0 Å². The molecule has 3 rings (SSSR count). The van der Waals surface area contributed by atoms with E-state index in [1.807, 2.05) is 12.1 Å². The van der Waals surface area contributed by atoms with Gasteiger partial charge < -0.3 is 19.9 Å². The minimum atomic E-state index is -0.296. The van der Waals surface area contributed by atoms with E-state index < -0.39 is 0 Å². The molecule has 1 saturated carbocycles. The number of benzene rings is 1. The molecule has 1 saturated heterocycles. The molecule has 2 fully saturated rings. The van der Waals surface area contributed by atoms with Crippen LogP contribution >= 0.6 is 0 Å². The second kappa shape index (κ2) is 9.35. The Morgan fingerprint density at radius 2 is 1.92 bits per heavy atom. The molecule has 0 bridgehead atoms. The van der Waals surface area contributed by atoms with Gasteiger partial charge in [-0.05, 0) is 62.3 Å². The van der Waals surface area contributed by atoms with Gasteiger partial charge in [-0.3, -0.25) is 4.90 Å². The molecular weight excluding hydrogens is 332 g/mol. The van der Waals surface area contributed by atoms with Gasteiger partial charge in [-0.25, -0.2) is 4.79 Å². The highest BCUT2D eigenvalue weighted by Crippen LogP contribution is 2.35. The number of carbonyl (C=O) groups is 1. The SMILES string of the molecule is COC[C@H]1CN(c2ccc([C@H]3CC[C@H](OCCCN)CC3)cc2)C(=O)O1. The third kappa shape index (κ3) is 4.75.